The lowest BCUT2D eigenvalue weighted by atomic mass is 9.97. The Morgan fingerprint density at radius 1 is 0.849 bits per heavy atom. The number of nitrogens with one attached hydrogen (secondary N) is 3. The van der Waals surface area contributed by atoms with Gasteiger partial charge < -0.3 is 25.4 Å². The molecule has 1 saturated carbocycles. The van der Waals surface area contributed by atoms with E-state index in [1.54, 1.807) is 51.1 Å². The van der Waals surface area contributed by atoms with E-state index in [9.17, 15) is 22.8 Å². The molecule has 53 heavy (non-hydrogen) atoms. The van der Waals surface area contributed by atoms with Crippen LogP contribution in [0.2, 0.25) is 0 Å². The Kier molecular flexibility index (Phi) is 11.2. The standard InChI is InChI=1S/C41H42F3N5O4/c1-40(2,3)53-39(51)46-25-29-12-7-16-33(20-29)49-35(23-36(48-49)41(42,43)44)38(50)47-32-15-8-13-30(21-32)37(45-24-27-18-19-27)31-14-9-17-34(22-31)52-26-28-10-5-4-6-11-28/h4-17,20-23,27,37,45H,18-19,24-26H2,1-3H3,(H,46,51)(H,47,50). The number of alkyl carbamates (subject to hydrolysis) is 1. The van der Waals surface area contributed by atoms with Crippen molar-refractivity contribution in [3.8, 4) is 11.4 Å². The van der Waals surface area contributed by atoms with E-state index in [4.69, 9.17) is 9.47 Å². The third kappa shape index (κ3) is 10.5. The number of rotatable bonds is 13. The van der Waals surface area contributed by atoms with E-state index in [0.29, 0.717) is 29.5 Å². The maximum atomic E-state index is 13.9. The van der Waals surface area contributed by atoms with Crippen LogP contribution in [0, 0.1) is 5.92 Å². The van der Waals surface area contributed by atoms with Crippen LogP contribution in [-0.4, -0.2) is 33.9 Å². The summed E-state index contributed by atoms with van der Waals surface area (Å²) in [6.07, 6.45) is -3.12. The van der Waals surface area contributed by atoms with Crippen LogP contribution in [0.25, 0.3) is 5.69 Å². The molecule has 0 spiro atoms. The third-order valence-corrected chi connectivity index (χ3v) is 8.45. The van der Waals surface area contributed by atoms with Crippen molar-refractivity contribution in [3.63, 3.8) is 0 Å². The molecule has 3 N–H and O–H groups in total. The van der Waals surface area contributed by atoms with Gasteiger partial charge in [0, 0.05) is 18.3 Å². The molecule has 12 heteroatoms. The largest absolute Gasteiger partial charge is 0.489 e. The highest BCUT2D eigenvalue weighted by Crippen LogP contribution is 2.33. The van der Waals surface area contributed by atoms with Crippen LogP contribution >= 0.6 is 0 Å². The summed E-state index contributed by atoms with van der Waals surface area (Å²) in [5, 5.41) is 12.9. The molecule has 1 unspecified atom stereocenters. The number of aromatic nitrogens is 2. The van der Waals surface area contributed by atoms with Crippen molar-refractivity contribution in [1.82, 2.24) is 20.4 Å². The molecular formula is C41H42F3N5O4. The molecule has 1 aromatic heterocycles. The second-order valence-corrected chi connectivity index (χ2v) is 14.1. The van der Waals surface area contributed by atoms with Crippen LogP contribution in [0.1, 0.15) is 78.1 Å². The summed E-state index contributed by atoms with van der Waals surface area (Å²) in [5.74, 6) is 0.529. The van der Waals surface area contributed by atoms with Crippen molar-refractivity contribution in [2.45, 2.75) is 64.6 Å². The zero-order valence-corrected chi connectivity index (χ0v) is 29.7. The average molecular weight is 726 g/mol. The Hall–Kier alpha value is -5.62. The fourth-order valence-corrected chi connectivity index (χ4v) is 5.72. The quantitative estimate of drug-likeness (QED) is 0.112. The van der Waals surface area contributed by atoms with Gasteiger partial charge >= 0.3 is 12.3 Å². The summed E-state index contributed by atoms with van der Waals surface area (Å²) >= 11 is 0. The fourth-order valence-electron chi connectivity index (χ4n) is 5.72. The number of hydrogen-bond donors (Lipinski definition) is 3. The van der Waals surface area contributed by atoms with Gasteiger partial charge in [0.1, 0.15) is 23.7 Å². The maximum absolute atomic E-state index is 13.9. The SMILES string of the molecule is CC(C)(C)OC(=O)NCc1cccc(-n2nc(C(F)(F)F)cc2C(=O)Nc2cccc(C(NCC3CC3)c3cccc(OCc4ccccc4)c3)c2)c1. The van der Waals surface area contributed by atoms with Crippen LogP contribution in [0.3, 0.4) is 0 Å². The summed E-state index contributed by atoms with van der Waals surface area (Å²) in [5.41, 5.74) is 1.83. The Bertz CT molecular complexity index is 2040. The van der Waals surface area contributed by atoms with E-state index in [1.165, 1.54) is 6.07 Å². The minimum atomic E-state index is -4.80. The highest BCUT2D eigenvalue weighted by atomic mass is 19.4. The van der Waals surface area contributed by atoms with Gasteiger partial charge in [-0.05, 0) is 105 Å². The number of ether oxygens (including phenoxy) is 2. The van der Waals surface area contributed by atoms with E-state index >= 15 is 0 Å². The minimum Gasteiger partial charge on any atom is -0.489 e. The molecule has 0 bridgehead atoms. The second kappa shape index (κ2) is 16.0. The van der Waals surface area contributed by atoms with Crippen LogP contribution < -0.4 is 20.7 Å². The molecule has 1 aliphatic carbocycles. The monoisotopic (exact) mass is 725 g/mol. The lowest BCUT2D eigenvalue weighted by Gasteiger charge is -2.21. The minimum absolute atomic E-state index is 0.0441. The lowest BCUT2D eigenvalue weighted by molar-refractivity contribution is -0.141. The molecule has 9 nitrogen and oxygen atoms in total. The van der Waals surface area contributed by atoms with E-state index in [2.05, 4.69) is 21.0 Å². The maximum Gasteiger partial charge on any atom is 0.435 e. The van der Waals surface area contributed by atoms with Crippen LogP contribution in [0.15, 0.2) is 109 Å². The van der Waals surface area contributed by atoms with E-state index < -0.39 is 29.5 Å². The lowest BCUT2D eigenvalue weighted by Crippen LogP contribution is -2.32. The van der Waals surface area contributed by atoms with Gasteiger partial charge in [0.15, 0.2) is 5.69 Å². The zero-order chi connectivity index (χ0) is 37.6. The first kappa shape index (κ1) is 37.1. The number of alkyl halides is 3. The number of carbonyl (C=O) groups excluding carboxylic acids is 2. The van der Waals surface area contributed by atoms with Gasteiger partial charge in [-0.15, -0.1) is 0 Å². The fraction of sp³-hybridized carbons (Fsp3) is 0.293. The molecule has 0 saturated heterocycles. The Morgan fingerprint density at radius 3 is 2.26 bits per heavy atom. The van der Waals surface area contributed by atoms with Crippen molar-refractivity contribution in [1.29, 1.82) is 0 Å². The molecule has 4 aromatic carbocycles. The van der Waals surface area contributed by atoms with Crippen molar-refractivity contribution >= 4 is 17.7 Å². The molecule has 1 heterocycles. The van der Waals surface area contributed by atoms with E-state index in [1.807, 2.05) is 66.7 Å². The predicted molar refractivity (Wildman–Crippen MR) is 196 cm³/mol. The molecule has 0 radical (unpaired) electrons. The molecule has 276 valence electrons. The second-order valence-electron chi connectivity index (χ2n) is 14.1. The zero-order valence-electron chi connectivity index (χ0n) is 29.7. The molecule has 6 rings (SSSR count). The van der Waals surface area contributed by atoms with Crippen molar-refractivity contribution in [2.24, 2.45) is 5.92 Å². The summed E-state index contributed by atoms with van der Waals surface area (Å²) in [4.78, 5) is 25.9. The molecular weight excluding hydrogens is 683 g/mol. The Labute approximate surface area is 306 Å². The predicted octanol–water partition coefficient (Wildman–Crippen LogP) is 8.84. The van der Waals surface area contributed by atoms with Gasteiger partial charge in [0.05, 0.1) is 11.7 Å². The number of benzene rings is 4. The van der Waals surface area contributed by atoms with Crippen molar-refractivity contribution in [3.05, 3.63) is 143 Å². The van der Waals surface area contributed by atoms with Crippen molar-refractivity contribution < 1.29 is 32.2 Å². The molecule has 1 aliphatic rings. The average Bonchev–Trinajstić information content (AvgIpc) is 3.83. The van der Waals surface area contributed by atoms with Crippen LogP contribution in [0.4, 0.5) is 23.7 Å². The molecule has 1 atom stereocenters. The van der Waals surface area contributed by atoms with Gasteiger partial charge in [-0.25, -0.2) is 9.48 Å². The van der Waals surface area contributed by atoms with E-state index in [-0.39, 0.29) is 24.0 Å². The summed E-state index contributed by atoms with van der Waals surface area (Å²) in [6, 6.07) is 31.9. The molecule has 2 amide bonds. The number of carbonyl (C=O) groups is 2. The van der Waals surface area contributed by atoms with Gasteiger partial charge in [-0.2, -0.15) is 18.3 Å². The first-order chi connectivity index (χ1) is 25.3. The highest BCUT2D eigenvalue weighted by Gasteiger charge is 2.36. The van der Waals surface area contributed by atoms with Crippen molar-refractivity contribution in [2.75, 3.05) is 11.9 Å². The molecule has 5 aromatic rings. The Balaban J connectivity index is 1.23. The normalized spacial score (nSPS) is 13.6. The highest BCUT2D eigenvalue weighted by molar-refractivity contribution is 6.03. The van der Waals surface area contributed by atoms with Crippen LogP contribution in [0.5, 0.6) is 5.75 Å². The third-order valence-electron chi connectivity index (χ3n) is 8.45. The van der Waals surface area contributed by atoms with Gasteiger partial charge in [-0.3, -0.25) is 4.79 Å². The van der Waals surface area contributed by atoms with Gasteiger partial charge in [0.25, 0.3) is 5.91 Å². The molecule has 1 fully saturated rings. The summed E-state index contributed by atoms with van der Waals surface area (Å²) < 4.78 is 54.1. The summed E-state index contributed by atoms with van der Waals surface area (Å²) in [7, 11) is 0. The number of amides is 2. The topological polar surface area (TPSA) is 107 Å². The van der Waals surface area contributed by atoms with Crippen LogP contribution in [-0.2, 0) is 24.1 Å². The Morgan fingerprint density at radius 2 is 1.55 bits per heavy atom. The number of anilines is 1. The number of nitrogens with zero attached hydrogens (tertiary/aromatic N) is 2. The van der Waals surface area contributed by atoms with E-state index in [0.717, 1.165) is 46.8 Å². The summed E-state index contributed by atoms with van der Waals surface area (Å²) in [6.45, 7) is 6.48. The number of hydrogen-bond acceptors (Lipinski definition) is 6. The first-order valence-corrected chi connectivity index (χ1v) is 17.5. The number of halogens is 3. The van der Waals surface area contributed by atoms with Gasteiger partial charge in [-0.1, -0.05) is 66.7 Å². The first-order valence-electron chi connectivity index (χ1n) is 17.5. The van der Waals surface area contributed by atoms with Gasteiger partial charge in [0.2, 0.25) is 0 Å². The molecule has 0 aliphatic heterocycles. The smallest absolute Gasteiger partial charge is 0.435 e.